The zero-order valence-electron chi connectivity index (χ0n) is 9.38. The van der Waals surface area contributed by atoms with E-state index in [1.807, 2.05) is 12.1 Å². The van der Waals surface area contributed by atoms with Gasteiger partial charge in [-0.05, 0) is 18.2 Å². The smallest absolute Gasteiger partial charge is 0.240 e. The molecule has 0 amide bonds. The molecule has 2 rings (SSSR count). The number of halogens is 3. The molecule has 0 aliphatic rings. The largest absolute Gasteiger partial charge is 0.436 e. The summed E-state index contributed by atoms with van der Waals surface area (Å²) in [7, 11) is 1.71. The fraction of sp³-hybridized carbons (Fsp3) is 0.0833. The summed E-state index contributed by atoms with van der Waals surface area (Å²) in [6, 6.07) is 8.64. The van der Waals surface area contributed by atoms with E-state index in [0.29, 0.717) is 26.6 Å². The Hall–Kier alpha value is -1.16. The van der Waals surface area contributed by atoms with E-state index in [0.717, 1.165) is 0 Å². The maximum absolute atomic E-state index is 6.02. The molecule has 0 atom stereocenters. The number of nitrogens with one attached hydrogen (secondary N) is 1. The number of benzene rings is 1. The average molecular weight is 304 g/mol. The van der Waals surface area contributed by atoms with E-state index in [2.05, 4.69) is 10.3 Å². The second-order valence-electron chi connectivity index (χ2n) is 3.39. The number of pyridine rings is 1. The molecule has 6 heteroatoms. The predicted molar refractivity (Wildman–Crippen MR) is 75.3 cm³/mol. The van der Waals surface area contributed by atoms with Crippen LogP contribution in [0.15, 0.2) is 30.3 Å². The van der Waals surface area contributed by atoms with E-state index in [1.165, 1.54) is 0 Å². The number of hydrogen-bond acceptors (Lipinski definition) is 3. The van der Waals surface area contributed by atoms with Crippen LogP contribution in [0.1, 0.15) is 0 Å². The van der Waals surface area contributed by atoms with Crippen LogP contribution < -0.4 is 10.1 Å². The van der Waals surface area contributed by atoms with Gasteiger partial charge in [-0.3, -0.25) is 0 Å². The van der Waals surface area contributed by atoms with Crippen LogP contribution >= 0.6 is 34.8 Å². The van der Waals surface area contributed by atoms with E-state index in [-0.39, 0.29) is 5.88 Å². The van der Waals surface area contributed by atoms with Crippen LogP contribution in [0.5, 0.6) is 11.6 Å². The molecule has 94 valence electrons. The van der Waals surface area contributed by atoms with Gasteiger partial charge in [-0.25, -0.2) is 0 Å². The first-order valence-corrected chi connectivity index (χ1v) is 6.21. The van der Waals surface area contributed by atoms with E-state index < -0.39 is 0 Å². The van der Waals surface area contributed by atoms with Crippen molar-refractivity contribution in [1.82, 2.24) is 4.98 Å². The molecule has 0 aliphatic carbocycles. The number of nitrogens with zero attached hydrogens (tertiary/aromatic N) is 1. The molecule has 1 N–H and O–H groups in total. The van der Waals surface area contributed by atoms with Gasteiger partial charge in [0, 0.05) is 7.05 Å². The van der Waals surface area contributed by atoms with Gasteiger partial charge in [0.15, 0.2) is 0 Å². The maximum atomic E-state index is 6.02. The predicted octanol–water partition coefficient (Wildman–Crippen LogP) is 4.88. The topological polar surface area (TPSA) is 34.2 Å². The molecule has 0 radical (unpaired) electrons. The van der Waals surface area contributed by atoms with Gasteiger partial charge in [-0.1, -0.05) is 46.9 Å². The van der Waals surface area contributed by atoms with Crippen molar-refractivity contribution in [2.75, 3.05) is 12.4 Å². The fourth-order valence-corrected chi connectivity index (χ4v) is 1.99. The summed E-state index contributed by atoms with van der Waals surface area (Å²) in [4.78, 5) is 4.17. The number of ether oxygens (including phenoxy) is 1. The second kappa shape index (κ2) is 5.65. The molecule has 0 saturated carbocycles. The summed E-state index contributed by atoms with van der Waals surface area (Å²) in [6.45, 7) is 0. The number of hydrogen-bond donors (Lipinski definition) is 1. The molecule has 1 aromatic heterocycles. The van der Waals surface area contributed by atoms with Crippen molar-refractivity contribution in [3.8, 4) is 11.6 Å². The SMILES string of the molecule is CNc1nc(Oc2ccccc2Cl)c(Cl)cc1Cl. The van der Waals surface area contributed by atoms with Crippen LogP contribution in [0.2, 0.25) is 15.1 Å². The Bertz CT molecular complexity index is 575. The molecule has 0 saturated heterocycles. The molecule has 1 heterocycles. The minimum absolute atomic E-state index is 0.249. The van der Waals surface area contributed by atoms with Crippen molar-refractivity contribution >= 4 is 40.6 Å². The van der Waals surface area contributed by atoms with Gasteiger partial charge in [0.1, 0.15) is 16.6 Å². The van der Waals surface area contributed by atoms with Gasteiger partial charge in [-0.2, -0.15) is 4.98 Å². The number of rotatable bonds is 3. The van der Waals surface area contributed by atoms with Crippen molar-refractivity contribution in [1.29, 1.82) is 0 Å². The minimum Gasteiger partial charge on any atom is -0.436 e. The van der Waals surface area contributed by atoms with Crippen LogP contribution in [0, 0.1) is 0 Å². The molecule has 1 aromatic carbocycles. The van der Waals surface area contributed by atoms with Crippen molar-refractivity contribution in [2.24, 2.45) is 0 Å². The van der Waals surface area contributed by atoms with Crippen molar-refractivity contribution < 1.29 is 4.74 Å². The Morgan fingerprint density at radius 1 is 1.06 bits per heavy atom. The van der Waals surface area contributed by atoms with Gasteiger partial charge in [0.05, 0.1) is 10.0 Å². The summed E-state index contributed by atoms with van der Waals surface area (Å²) < 4.78 is 5.56. The molecule has 2 aromatic rings. The van der Waals surface area contributed by atoms with E-state index in [9.17, 15) is 0 Å². The first-order valence-electron chi connectivity index (χ1n) is 5.08. The molecular weight excluding hydrogens is 295 g/mol. The third-order valence-corrected chi connectivity index (χ3v) is 3.05. The number of anilines is 1. The molecule has 0 spiro atoms. The minimum atomic E-state index is 0.249. The van der Waals surface area contributed by atoms with Crippen LogP contribution in [-0.2, 0) is 0 Å². The van der Waals surface area contributed by atoms with E-state index in [1.54, 1.807) is 25.2 Å². The summed E-state index contributed by atoms with van der Waals surface area (Å²) in [6.07, 6.45) is 0. The van der Waals surface area contributed by atoms with Crippen LogP contribution in [0.4, 0.5) is 5.82 Å². The van der Waals surface area contributed by atoms with Crippen LogP contribution in [0.25, 0.3) is 0 Å². The number of aromatic nitrogens is 1. The molecule has 0 fully saturated rings. The molecule has 18 heavy (non-hydrogen) atoms. The first kappa shape index (κ1) is 13.3. The summed E-state index contributed by atoms with van der Waals surface area (Å²) in [5.74, 6) is 1.22. The van der Waals surface area contributed by atoms with E-state index >= 15 is 0 Å². The van der Waals surface area contributed by atoms with Crippen molar-refractivity contribution in [3.63, 3.8) is 0 Å². The summed E-state index contributed by atoms with van der Waals surface area (Å²) in [5.41, 5.74) is 0. The standard InChI is InChI=1S/C12H9Cl3N2O/c1-16-11-8(14)6-9(15)12(17-11)18-10-5-3-2-4-7(10)13/h2-6H,1H3,(H,16,17). The zero-order chi connectivity index (χ0) is 13.1. The number of para-hydroxylation sites is 1. The lowest BCUT2D eigenvalue weighted by Gasteiger charge is -2.10. The lowest BCUT2D eigenvalue weighted by Crippen LogP contribution is -1.97. The normalized spacial score (nSPS) is 10.2. The Morgan fingerprint density at radius 2 is 1.78 bits per heavy atom. The van der Waals surface area contributed by atoms with Gasteiger partial charge in [-0.15, -0.1) is 0 Å². The lowest BCUT2D eigenvalue weighted by molar-refractivity contribution is 0.464. The summed E-state index contributed by atoms with van der Waals surface area (Å²) in [5, 5.41) is 4.07. The monoisotopic (exact) mass is 302 g/mol. The highest BCUT2D eigenvalue weighted by Gasteiger charge is 2.11. The van der Waals surface area contributed by atoms with Gasteiger partial charge in [0.25, 0.3) is 0 Å². The molecule has 0 aliphatic heterocycles. The highest BCUT2D eigenvalue weighted by molar-refractivity contribution is 6.36. The van der Waals surface area contributed by atoms with Gasteiger partial charge in [0.2, 0.25) is 5.88 Å². The first-order chi connectivity index (χ1) is 8.61. The Balaban J connectivity index is 2.38. The highest BCUT2D eigenvalue weighted by atomic mass is 35.5. The Labute approximate surface area is 120 Å². The fourth-order valence-electron chi connectivity index (χ4n) is 1.33. The highest BCUT2D eigenvalue weighted by Crippen LogP contribution is 2.35. The van der Waals surface area contributed by atoms with Crippen LogP contribution in [-0.4, -0.2) is 12.0 Å². The van der Waals surface area contributed by atoms with E-state index in [4.69, 9.17) is 39.5 Å². The maximum Gasteiger partial charge on any atom is 0.240 e. The van der Waals surface area contributed by atoms with Crippen LogP contribution in [0.3, 0.4) is 0 Å². The van der Waals surface area contributed by atoms with Crippen molar-refractivity contribution in [3.05, 3.63) is 45.4 Å². The Kier molecular flexibility index (Phi) is 4.17. The third kappa shape index (κ3) is 2.80. The van der Waals surface area contributed by atoms with Gasteiger partial charge >= 0.3 is 0 Å². The third-order valence-electron chi connectivity index (χ3n) is 2.18. The average Bonchev–Trinajstić information content (AvgIpc) is 2.35. The quantitative estimate of drug-likeness (QED) is 0.878. The zero-order valence-corrected chi connectivity index (χ0v) is 11.6. The van der Waals surface area contributed by atoms with Crippen molar-refractivity contribution in [2.45, 2.75) is 0 Å². The Morgan fingerprint density at radius 3 is 2.44 bits per heavy atom. The lowest BCUT2D eigenvalue weighted by atomic mass is 10.3. The molecule has 0 unspecified atom stereocenters. The molecule has 0 bridgehead atoms. The molecule has 3 nitrogen and oxygen atoms in total. The molecular formula is C12H9Cl3N2O. The summed E-state index contributed by atoms with van der Waals surface area (Å²) >= 11 is 18.0. The van der Waals surface area contributed by atoms with Gasteiger partial charge < -0.3 is 10.1 Å². The second-order valence-corrected chi connectivity index (χ2v) is 4.61.